The van der Waals surface area contributed by atoms with E-state index in [0.29, 0.717) is 35.8 Å². The summed E-state index contributed by atoms with van der Waals surface area (Å²) in [5, 5.41) is 12.8. The highest BCUT2D eigenvalue weighted by atomic mass is 32.2. The van der Waals surface area contributed by atoms with E-state index in [9.17, 15) is 23.3 Å². The van der Waals surface area contributed by atoms with Crippen molar-refractivity contribution < 1.29 is 22.7 Å². The average molecular weight is 511 g/mol. The van der Waals surface area contributed by atoms with Crippen molar-refractivity contribution >= 4 is 44.0 Å². The molecule has 0 fully saturated rings. The van der Waals surface area contributed by atoms with Crippen molar-refractivity contribution in [2.75, 3.05) is 30.3 Å². The highest BCUT2D eigenvalue weighted by Crippen LogP contribution is 2.37. The van der Waals surface area contributed by atoms with Gasteiger partial charge in [0, 0.05) is 24.0 Å². The number of hydrogen-bond acceptors (Lipinski definition) is 7. The average Bonchev–Trinajstić information content (AvgIpc) is 3.24. The number of rotatable bonds is 5. The van der Waals surface area contributed by atoms with Gasteiger partial charge in [-0.3, -0.25) is 9.10 Å². The molecule has 9 nitrogen and oxygen atoms in total. The van der Waals surface area contributed by atoms with Crippen molar-refractivity contribution in [3.8, 4) is 6.07 Å². The van der Waals surface area contributed by atoms with E-state index >= 15 is 0 Å². The van der Waals surface area contributed by atoms with Gasteiger partial charge >= 0.3 is 6.09 Å². The topological polar surface area (TPSA) is 120 Å². The minimum Gasteiger partial charge on any atom is -0.453 e. The molecule has 1 aliphatic rings. The zero-order valence-electron chi connectivity index (χ0n) is 19.0. The van der Waals surface area contributed by atoms with Gasteiger partial charge in [0.25, 0.3) is 15.9 Å². The number of anilines is 2. The number of ether oxygens (including phenoxy) is 1. The molecule has 0 saturated heterocycles. The van der Waals surface area contributed by atoms with Crippen molar-refractivity contribution in [2.45, 2.75) is 17.9 Å². The molecule has 4 rings (SSSR count). The monoisotopic (exact) mass is 510 g/mol. The van der Waals surface area contributed by atoms with Gasteiger partial charge in [0.15, 0.2) is 0 Å². The lowest BCUT2D eigenvalue weighted by Crippen LogP contribution is -2.35. The van der Waals surface area contributed by atoms with Crippen LogP contribution in [-0.2, 0) is 27.7 Å². The summed E-state index contributed by atoms with van der Waals surface area (Å²) in [7, 11) is -1.02. The van der Waals surface area contributed by atoms with Gasteiger partial charge in [0.05, 0.1) is 29.8 Å². The fraction of sp³-hybridized carbons (Fsp3) is 0.208. The number of carbonyl (C=O) groups is 2. The predicted molar refractivity (Wildman–Crippen MR) is 132 cm³/mol. The third-order valence-electron chi connectivity index (χ3n) is 5.72. The molecule has 35 heavy (non-hydrogen) atoms. The Morgan fingerprint density at radius 3 is 2.46 bits per heavy atom. The highest BCUT2D eigenvalue weighted by molar-refractivity contribution is 7.92. The van der Waals surface area contributed by atoms with Crippen LogP contribution in [-0.4, -0.2) is 46.0 Å². The molecule has 2 heterocycles. The number of amides is 2. The van der Waals surface area contributed by atoms with Gasteiger partial charge in [-0.1, -0.05) is 18.2 Å². The highest BCUT2D eigenvalue weighted by Gasteiger charge is 2.28. The van der Waals surface area contributed by atoms with Crippen LogP contribution in [0.15, 0.2) is 59.5 Å². The van der Waals surface area contributed by atoms with Crippen molar-refractivity contribution in [2.24, 2.45) is 0 Å². The summed E-state index contributed by atoms with van der Waals surface area (Å²) in [6.45, 7) is 0.727. The number of nitriles is 1. The largest absolute Gasteiger partial charge is 0.453 e. The number of fused-ring (bicyclic) bond motifs is 1. The predicted octanol–water partition coefficient (Wildman–Crippen LogP) is 3.82. The van der Waals surface area contributed by atoms with E-state index in [0.717, 1.165) is 10.4 Å². The van der Waals surface area contributed by atoms with Gasteiger partial charge in [0.2, 0.25) is 0 Å². The summed E-state index contributed by atoms with van der Waals surface area (Å²) >= 11 is 1.24. The summed E-state index contributed by atoms with van der Waals surface area (Å²) < 4.78 is 31.9. The normalized spacial score (nSPS) is 12.9. The molecule has 3 aromatic rings. The molecular formula is C24H22N4O5S2. The molecule has 0 aliphatic carbocycles. The fourth-order valence-electron chi connectivity index (χ4n) is 3.78. The van der Waals surface area contributed by atoms with Crippen molar-refractivity contribution in [1.82, 2.24) is 4.90 Å². The molecule has 1 aliphatic heterocycles. The number of thiophene rings is 1. The maximum absolute atomic E-state index is 13.0. The second-order valence-corrected chi connectivity index (χ2v) is 10.8. The molecule has 0 saturated carbocycles. The van der Waals surface area contributed by atoms with E-state index in [-0.39, 0.29) is 10.5 Å². The molecule has 1 N–H and O–H groups in total. The molecular weight excluding hydrogens is 488 g/mol. The van der Waals surface area contributed by atoms with Crippen LogP contribution >= 0.6 is 11.3 Å². The number of nitrogens with zero attached hydrogens (tertiary/aromatic N) is 3. The van der Waals surface area contributed by atoms with Crippen LogP contribution in [0.3, 0.4) is 0 Å². The molecule has 2 amide bonds. The fourth-order valence-corrected chi connectivity index (χ4v) is 6.19. The third kappa shape index (κ3) is 4.71. The Bertz CT molecular complexity index is 1410. The summed E-state index contributed by atoms with van der Waals surface area (Å²) in [5.41, 5.74) is 1.97. The molecule has 180 valence electrons. The standard InChI is InChI=1S/C24H22N4O5S2/c1-27(17-6-4-3-5-7-17)35(31,32)18-10-8-16(9-11-18)22(29)26-23-20(14-25)19-12-13-28(24(30)33-2)15-21(19)34-23/h3-11H,12-13,15H2,1-2H3,(H,26,29). The number of methoxy groups -OCH3 is 1. The first-order valence-electron chi connectivity index (χ1n) is 10.6. The van der Waals surface area contributed by atoms with Crippen LogP contribution in [0.5, 0.6) is 0 Å². The van der Waals surface area contributed by atoms with Gasteiger partial charge in [-0.05, 0) is 48.4 Å². The molecule has 11 heteroatoms. The quantitative estimate of drug-likeness (QED) is 0.557. The van der Waals surface area contributed by atoms with Gasteiger partial charge in [-0.25, -0.2) is 13.2 Å². The first-order valence-corrected chi connectivity index (χ1v) is 12.8. The van der Waals surface area contributed by atoms with E-state index in [2.05, 4.69) is 11.4 Å². The summed E-state index contributed by atoms with van der Waals surface area (Å²) in [6.07, 6.45) is 0.0439. The van der Waals surface area contributed by atoms with Crippen LogP contribution in [0, 0.1) is 11.3 Å². The number of carbonyl (C=O) groups excluding carboxylic acids is 2. The van der Waals surface area contributed by atoms with E-state index in [1.807, 2.05) is 0 Å². The van der Waals surface area contributed by atoms with Crippen molar-refractivity contribution in [3.63, 3.8) is 0 Å². The maximum Gasteiger partial charge on any atom is 0.409 e. The van der Waals surface area contributed by atoms with E-state index in [1.54, 1.807) is 30.3 Å². The summed E-state index contributed by atoms with van der Waals surface area (Å²) in [5.74, 6) is -0.467. The second-order valence-electron chi connectivity index (χ2n) is 7.75. The Morgan fingerprint density at radius 2 is 1.83 bits per heavy atom. The summed E-state index contributed by atoms with van der Waals surface area (Å²) in [4.78, 5) is 27.1. The molecule has 1 aromatic heterocycles. The van der Waals surface area contributed by atoms with Crippen LogP contribution in [0.2, 0.25) is 0 Å². The van der Waals surface area contributed by atoms with E-state index in [4.69, 9.17) is 4.74 Å². The Labute approximate surface area is 207 Å². The lowest BCUT2D eigenvalue weighted by Gasteiger charge is -2.25. The van der Waals surface area contributed by atoms with E-state index < -0.39 is 22.0 Å². The molecule has 2 aromatic carbocycles. The second kappa shape index (κ2) is 9.77. The molecule has 0 radical (unpaired) electrons. The Morgan fingerprint density at radius 1 is 1.14 bits per heavy atom. The van der Waals surface area contributed by atoms with Crippen molar-refractivity contribution in [1.29, 1.82) is 5.26 Å². The molecule has 0 atom stereocenters. The van der Waals surface area contributed by atoms with Crippen LogP contribution in [0.25, 0.3) is 0 Å². The zero-order valence-corrected chi connectivity index (χ0v) is 20.6. The summed E-state index contributed by atoms with van der Waals surface area (Å²) in [6, 6.07) is 16.4. The Kier molecular flexibility index (Phi) is 6.77. The van der Waals surface area contributed by atoms with Crippen molar-refractivity contribution in [3.05, 3.63) is 76.2 Å². The van der Waals surface area contributed by atoms with Gasteiger partial charge in [0.1, 0.15) is 11.1 Å². The van der Waals surface area contributed by atoms with Crippen LogP contribution in [0.1, 0.15) is 26.4 Å². The first kappa shape index (κ1) is 24.3. The van der Waals surface area contributed by atoms with Crippen LogP contribution < -0.4 is 9.62 Å². The van der Waals surface area contributed by atoms with Gasteiger partial charge in [-0.15, -0.1) is 11.3 Å². The molecule has 0 unspecified atom stereocenters. The number of sulfonamides is 1. The minimum absolute atomic E-state index is 0.0487. The van der Waals surface area contributed by atoms with Crippen LogP contribution in [0.4, 0.5) is 15.5 Å². The number of hydrogen-bond donors (Lipinski definition) is 1. The smallest absolute Gasteiger partial charge is 0.409 e. The molecule has 0 bridgehead atoms. The lowest BCUT2D eigenvalue weighted by molar-refractivity contribution is 0.102. The molecule has 0 spiro atoms. The number of para-hydroxylation sites is 1. The Hall–Kier alpha value is -3.88. The lowest BCUT2D eigenvalue weighted by atomic mass is 10.0. The first-order chi connectivity index (χ1) is 16.8. The maximum atomic E-state index is 13.0. The minimum atomic E-state index is -3.80. The third-order valence-corrected chi connectivity index (χ3v) is 8.66. The van der Waals surface area contributed by atoms with E-state index in [1.165, 1.54) is 59.0 Å². The van der Waals surface area contributed by atoms with Gasteiger partial charge in [-0.2, -0.15) is 5.26 Å². The number of nitrogens with one attached hydrogen (secondary N) is 1. The number of benzene rings is 2. The Balaban J connectivity index is 1.52. The SMILES string of the molecule is COC(=O)N1CCc2c(sc(NC(=O)c3ccc(S(=O)(=O)N(C)c4ccccc4)cc3)c2C#N)C1. The zero-order chi connectivity index (χ0) is 25.2. The van der Waals surface area contributed by atoms with Gasteiger partial charge < -0.3 is 15.0 Å².